The van der Waals surface area contributed by atoms with Crippen molar-refractivity contribution in [3.05, 3.63) is 0 Å². The quantitative estimate of drug-likeness (QED) is 0.822. The summed E-state index contributed by atoms with van der Waals surface area (Å²) in [5.41, 5.74) is 0.142. The highest BCUT2D eigenvalue weighted by atomic mass is 16.5. The highest BCUT2D eigenvalue weighted by Crippen LogP contribution is 2.36. The first kappa shape index (κ1) is 14.6. The van der Waals surface area contributed by atoms with Gasteiger partial charge in [0, 0.05) is 25.6 Å². The molecule has 1 saturated carbocycles. The van der Waals surface area contributed by atoms with Crippen molar-refractivity contribution in [1.29, 1.82) is 0 Å². The van der Waals surface area contributed by atoms with E-state index in [1.165, 1.54) is 6.42 Å². The summed E-state index contributed by atoms with van der Waals surface area (Å²) in [7, 11) is 0. The molecule has 0 unspecified atom stereocenters. The Bertz CT molecular complexity index is 325. The van der Waals surface area contributed by atoms with E-state index in [9.17, 15) is 4.79 Å². The highest BCUT2D eigenvalue weighted by Gasteiger charge is 2.37. The number of urea groups is 1. The Morgan fingerprint density at radius 2 is 1.79 bits per heavy atom. The molecule has 2 N–H and O–H groups in total. The van der Waals surface area contributed by atoms with Gasteiger partial charge in [-0.25, -0.2) is 4.79 Å². The molecule has 4 nitrogen and oxygen atoms in total. The zero-order valence-corrected chi connectivity index (χ0v) is 12.7. The first-order valence-electron chi connectivity index (χ1n) is 7.51. The van der Waals surface area contributed by atoms with Crippen molar-refractivity contribution in [3.8, 4) is 0 Å². The summed E-state index contributed by atoms with van der Waals surface area (Å²) < 4.78 is 5.81. The Hall–Kier alpha value is -0.770. The summed E-state index contributed by atoms with van der Waals surface area (Å²) in [6, 6.07) is -0.0290. The molecule has 0 aromatic rings. The van der Waals surface area contributed by atoms with Crippen molar-refractivity contribution in [1.82, 2.24) is 10.6 Å². The van der Waals surface area contributed by atoms with E-state index in [1.807, 2.05) is 0 Å². The molecular weight excluding hydrogens is 240 g/mol. The lowest BCUT2D eigenvalue weighted by atomic mass is 9.81. The van der Waals surface area contributed by atoms with Crippen molar-refractivity contribution in [2.45, 2.75) is 46.6 Å². The fourth-order valence-corrected chi connectivity index (χ4v) is 2.99. The van der Waals surface area contributed by atoms with E-state index in [1.54, 1.807) is 0 Å². The summed E-state index contributed by atoms with van der Waals surface area (Å²) in [4.78, 5) is 11.7. The van der Waals surface area contributed by atoms with Crippen LogP contribution in [0.3, 0.4) is 0 Å². The first-order chi connectivity index (χ1) is 8.88. The van der Waals surface area contributed by atoms with Crippen molar-refractivity contribution in [2.75, 3.05) is 19.7 Å². The van der Waals surface area contributed by atoms with Gasteiger partial charge in [-0.05, 0) is 30.1 Å². The predicted octanol–water partition coefficient (Wildman–Crippen LogP) is 2.39. The summed E-state index contributed by atoms with van der Waals surface area (Å²) in [6.45, 7) is 11.2. The van der Waals surface area contributed by atoms with E-state index in [0.717, 1.165) is 25.5 Å². The zero-order valence-electron chi connectivity index (χ0n) is 12.7. The lowest BCUT2D eigenvalue weighted by Gasteiger charge is -2.31. The van der Waals surface area contributed by atoms with Crippen LogP contribution in [0.15, 0.2) is 0 Å². The smallest absolute Gasteiger partial charge is 0.314 e. The fourth-order valence-electron chi connectivity index (χ4n) is 2.99. The monoisotopic (exact) mass is 268 g/mol. The van der Waals surface area contributed by atoms with Crippen molar-refractivity contribution >= 4 is 6.03 Å². The topological polar surface area (TPSA) is 50.4 Å². The number of nitrogens with one attached hydrogen (secondary N) is 2. The van der Waals surface area contributed by atoms with Gasteiger partial charge in [-0.2, -0.15) is 0 Å². The third-order valence-electron chi connectivity index (χ3n) is 4.39. The maximum absolute atomic E-state index is 11.7. The molecule has 2 aliphatic rings. The minimum Gasteiger partial charge on any atom is -0.377 e. The first-order valence-corrected chi connectivity index (χ1v) is 7.51. The van der Waals surface area contributed by atoms with Crippen LogP contribution < -0.4 is 10.6 Å². The molecule has 1 heterocycles. The molecule has 110 valence electrons. The zero-order chi connectivity index (χ0) is 14.0. The molecule has 0 bridgehead atoms. The van der Waals surface area contributed by atoms with Crippen LogP contribution in [0.1, 0.15) is 40.5 Å². The summed E-state index contributed by atoms with van der Waals surface area (Å²) >= 11 is 0. The van der Waals surface area contributed by atoms with Gasteiger partial charge in [0.1, 0.15) is 0 Å². The minimum atomic E-state index is -0.0290. The lowest BCUT2D eigenvalue weighted by molar-refractivity contribution is 0.00775. The minimum absolute atomic E-state index is 0.0290. The number of ether oxygens (including phenoxy) is 1. The SMILES string of the molecule is C[C@@H]1C[C@H]1CNC(=O)NC[C@H]1CCO[C@@H]1C(C)(C)C. The summed E-state index contributed by atoms with van der Waals surface area (Å²) in [5, 5.41) is 5.96. The molecule has 1 aliphatic carbocycles. The van der Waals surface area contributed by atoms with Gasteiger partial charge in [0.2, 0.25) is 0 Å². The molecule has 1 aliphatic heterocycles. The summed E-state index contributed by atoms with van der Waals surface area (Å²) in [5.74, 6) is 1.92. The number of carbonyl (C=O) groups is 1. The van der Waals surface area contributed by atoms with E-state index in [-0.39, 0.29) is 17.6 Å². The van der Waals surface area contributed by atoms with Crippen molar-refractivity contribution < 1.29 is 9.53 Å². The van der Waals surface area contributed by atoms with Crippen LogP contribution in [0.5, 0.6) is 0 Å². The molecule has 2 fully saturated rings. The third-order valence-corrected chi connectivity index (χ3v) is 4.39. The van der Waals surface area contributed by atoms with Crippen LogP contribution >= 0.6 is 0 Å². The Balaban J connectivity index is 1.67. The molecule has 2 amide bonds. The maximum Gasteiger partial charge on any atom is 0.314 e. The van der Waals surface area contributed by atoms with Gasteiger partial charge in [0.25, 0.3) is 0 Å². The van der Waals surface area contributed by atoms with Crippen LogP contribution in [0.25, 0.3) is 0 Å². The van der Waals surface area contributed by atoms with E-state index in [0.29, 0.717) is 18.4 Å². The van der Waals surface area contributed by atoms with Crippen LogP contribution in [0.4, 0.5) is 4.79 Å². The number of amides is 2. The highest BCUT2D eigenvalue weighted by molar-refractivity contribution is 5.73. The number of carbonyl (C=O) groups excluding carboxylic acids is 1. The van der Waals surface area contributed by atoms with Crippen LogP contribution in [0, 0.1) is 23.2 Å². The largest absolute Gasteiger partial charge is 0.377 e. The van der Waals surface area contributed by atoms with E-state index in [2.05, 4.69) is 38.3 Å². The van der Waals surface area contributed by atoms with E-state index < -0.39 is 0 Å². The van der Waals surface area contributed by atoms with E-state index in [4.69, 9.17) is 4.74 Å². The van der Waals surface area contributed by atoms with Gasteiger partial charge in [-0.1, -0.05) is 27.7 Å². The number of rotatable bonds is 4. The summed E-state index contributed by atoms with van der Waals surface area (Å²) in [6.07, 6.45) is 2.54. The van der Waals surface area contributed by atoms with Gasteiger partial charge >= 0.3 is 6.03 Å². The molecule has 0 spiro atoms. The number of hydrogen-bond acceptors (Lipinski definition) is 2. The molecule has 4 atom stereocenters. The van der Waals surface area contributed by atoms with Crippen LogP contribution in [-0.2, 0) is 4.74 Å². The molecule has 19 heavy (non-hydrogen) atoms. The average molecular weight is 268 g/mol. The number of hydrogen-bond donors (Lipinski definition) is 2. The van der Waals surface area contributed by atoms with Gasteiger partial charge in [0.15, 0.2) is 0 Å². The van der Waals surface area contributed by atoms with Gasteiger partial charge in [0.05, 0.1) is 6.10 Å². The van der Waals surface area contributed by atoms with Gasteiger partial charge in [-0.3, -0.25) is 0 Å². The molecule has 0 radical (unpaired) electrons. The standard InChI is InChI=1S/C15H28N2O2/c1-10-7-12(10)9-17-14(18)16-8-11-5-6-19-13(11)15(2,3)4/h10-13H,5-9H2,1-4H3,(H2,16,17,18)/t10-,11-,12+,13+/m1/s1. The second-order valence-electron chi connectivity index (χ2n) is 7.27. The van der Waals surface area contributed by atoms with Gasteiger partial charge < -0.3 is 15.4 Å². The second-order valence-corrected chi connectivity index (χ2v) is 7.27. The van der Waals surface area contributed by atoms with Crippen LogP contribution in [0.2, 0.25) is 0 Å². The molecule has 2 rings (SSSR count). The lowest BCUT2D eigenvalue weighted by Crippen LogP contribution is -2.43. The van der Waals surface area contributed by atoms with Crippen molar-refractivity contribution in [3.63, 3.8) is 0 Å². The fraction of sp³-hybridized carbons (Fsp3) is 0.933. The molecular formula is C15H28N2O2. The Morgan fingerprint density at radius 3 is 2.32 bits per heavy atom. The molecule has 0 aromatic carbocycles. The third kappa shape index (κ3) is 4.10. The second kappa shape index (κ2) is 5.70. The Labute approximate surface area is 116 Å². The Morgan fingerprint density at radius 1 is 1.21 bits per heavy atom. The molecule has 1 saturated heterocycles. The normalized spacial score (nSPS) is 34.1. The van der Waals surface area contributed by atoms with Gasteiger partial charge in [-0.15, -0.1) is 0 Å². The predicted molar refractivity (Wildman–Crippen MR) is 76.0 cm³/mol. The average Bonchev–Trinajstić information content (AvgIpc) is 2.83. The maximum atomic E-state index is 11.7. The Kier molecular flexibility index (Phi) is 4.39. The van der Waals surface area contributed by atoms with E-state index >= 15 is 0 Å². The molecule has 4 heteroatoms. The van der Waals surface area contributed by atoms with Crippen molar-refractivity contribution in [2.24, 2.45) is 23.2 Å². The van der Waals surface area contributed by atoms with Crippen LogP contribution in [-0.4, -0.2) is 31.8 Å². The molecule has 0 aromatic heterocycles.